The van der Waals surface area contributed by atoms with Crippen molar-refractivity contribution in [1.29, 1.82) is 0 Å². The van der Waals surface area contributed by atoms with Gasteiger partial charge in [-0.2, -0.15) is 8.78 Å². The van der Waals surface area contributed by atoms with Gasteiger partial charge in [0.25, 0.3) is 11.8 Å². The molecule has 0 aliphatic carbocycles. The SMILES string of the molecule is Cc1ccc(C(=O)NCC(=O)N2CCN(C(=O)c3ccccc3OC(F)F)CC2)cc1C. The van der Waals surface area contributed by atoms with Crippen molar-refractivity contribution >= 4 is 17.7 Å². The van der Waals surface area contributed by atoms with Crippen LogP contribution >= 0.6 is 0 Å². The van der Waals surface area contributed by atoms with E-state index in [1.54, 1.807) is 23.1 Å². The van der Waals surface area contributed by atoms with Crippen LogP contribution in [0.4, 0.5) is 8.78 Å². The first-order chi connectivity index (χ1) is 15.3. The largest absolute Gasteiger partial charge is 0.434 e. The lowest BCUT2D eigenvalue weighted by molar-refractivity contribution is -0.131. The van der Waals surface area contributed by atoms with Gasteiger partial charge in [-0.3, -0.25) is 14.4 Å². The van der Waals surface area contributed by atoms with Gasteiger partial charge in [-0.15, -0.1) is 0 Å². The predicted molar refractivity (Wildman–Crippen MR) is 114 cm³/mol. The predicted octanol–water partition coefficient (Wildman–Crippen LogP) is 2.62. The van der Waals surface area contributed by atoms with Crippen molar-refractivity contribution in [2.75, 3.05) is 32.7 Å². The van der Waals surface area contributed by atoms with E-state index in [2.05, 4.69) is 10.1 Å². The maximum Gasteiger partial charge on any atom is 0.387 e. The first kappa shape index (κ1) is 23.2. The Morgan fingerprint density at radius 2 is 1.62 bits per heavy atom. The minimum absolute atomic E-state index is 0.0493. The van der Waals surface area contributed by atoms with Gasteiger partial charge in [-0.05, 0) is 49.2 Å². The van der Waals surface area contributed by atoms with E-state index in [0.717, 1.165) is 11.1 Å². The molecule has 0 saturated carbocycles. The van der Waals surface area contributed by atoms with Crippen LogP contribution in [0.25, 0.3) is 0 Å². The molecule has 7 nitrogen and oxygen atoms in total. The molecule has 2 aromatic rings. The van der Waals surface area contributed by atoms with Gasteiger partial charge >= 0.3 is 6.61 Å². The molecular weight excluding hydrogens is 420 g/mol. The Kier molecular flexibility index (Phi) is 7.40. The molecule has 1 heterocycles. The third kappa shape index (κ3) is 5.60. The van der Waals surface area contributed by atoms with Gasteiger partial charge in [0.2, 0.25) is 5.91 Å². The Bertz CT molecular complexity index is 1000. The van der Waals surface area contributed by atoms with Crippen LogP contribution in [0, 0.1) is 13.8 Å². The van der Waals surface area contributed by atoms with Crippen LogP contribution in [0.5, 0.6) is 5.75 Å². The Morgan fingerprint density at radius 1 is 0.969 bits per heavy atom. The number of para-hydroxylation sites is 1. The quantitative estimate of drug-likeness (QED) is 0.742. The monoisotopic (exact) mass is 445 g/mol. The fourth-order valence-corrected chi connectivity index (χ4v) is 3.42. The van der Waals surface area contributed by atoms with Gasteiger partial charge in [0.15, 0.2) is 0 Å². The summed E-state index contributed by atoms with van der Waals surface area (Å²) >= 11 is 0. The number of amides is 3. The smallest absolute Gasteiger partial charge is 0.387 e. The molecule has 1 aliphatic rings. The van der Waals surface area contributed by atoms with Crippen molar-refractivity contribution in [3.8, 4) is 5.75 Å². The minimum atomic E-state index is -3.03. The topological polar surface area (TPSA) is 79.0 Å². The standard InChI is InChI=1S/C23H25F2N3O4/c1-15-7-8-17(13-16(15)2)21(30)26-14-20(29)27-9-11-28(12-10-27)22(31)18-5-3-4-6-19(18)32-23(24)25/h3-8,13,23H,9-12,14H2,1-2H3,(H,26,30). The first-order valence-electron chi connectivity index (χ1n) is 10.2. The highest BCUT2D eigenvalue weighted by molar-refractivity contribution is 5.98. The number of rotatable bonds is 6. The number of piperazine rings is 1. The highest BCUT2D eigenvalue weighted by atomic mass is 19.3. The summed E-state index contributed by atoms with van der Waals surface area (Å²) in [6.45, 7) is 1.75. The molecule has 0 bridgehead atoms. The molecule has 0 radical (unpaired) electrons. The van der Waals surface area contributed by atoms with Gasteiger partial charge in [0.05, 0.1) is 12.1 Å². The molecule has 1 N–H and O–H groups in total. The van der Waals surface area contributed by atoms with Gasteiger partial charge in [-0.1, -0.05) is 18.2 Å². The highest BCUT2D eigenvalue weighted by Crippen LogP contribution is 2.22. The molecule has 3 amide bonds. The van der Waals surface area contributed by atoms with Crippen LogP contribution in [-0.2, 0) is 4.79 Å². The van der Waals surface area contributed by atoms with Crippen LogP contribution in [0.15, 0.2) is 42.5 Å². The average Bonchev–Trinajstić information content (AvgIpc) is 2.78. The van der Waals surface area contributed by atoms with Crippen molar-refractivity contribution in [3.05, 3.63) is 64.7 Å². The highest BCUT2D eigenvalue weighted by Gasteiger charge is 2.27. The van der Waals surface area contributed by atoms with E-state index in [1.807, 2.05) is 19.9 Å². The maximum atomic E-state index is 12.7. The minimum Gasteiger partial charge on any atom is -0.434 e. The Hall–Kier alpha value is -3.49. The normalized spacial score (nSPS) is 13.8. The van der Waals surface area contributed by atoms with E-state index in [4.69, 9.17) is 0 Å². The lowest BCUT2D eigenvalue weighted by Gasteiger charge is -2.35. The summed E-state index contributed by atoms with van der Waals surface area (Å²) in [5, 5.41) is 2.63. The second kappa shape index (κ2) is 10.2. The molecule has 0 spiro atoms. The number of benzene rings is 2. The molecule has 3 rings (SSSR count). The summed E-state index contributed by atoms with van der Waals surface area (Å²) in [4.78, 5) is 40.6. The van der Waals surface area contributed by atoms with Gasteiger partial charge in [-0.25, -0.2) is 0 Å². The number of nitrogens with one attached hydrogen (secondary N) is 1. The van der Waals surface area contributed by atoms with Gasteiger partial charge in [0.1, 0.15) is 5.75 Å². The number of hydrogen-bond donors (Lipinski definition) is 1. The lowest BCUT2D eigenvalue weighted by atomic mass is 10.1. The molecule has 1 aliphatic heterocycles. The van der Waals surface area contributed by atoms with E-state index in [0.29, 0.717) is 5.56 Å². The molecule has 1 fully saturated rings. The molecule has 0 unspecified atom stereocenters. The van der Waals surface area contributed by atoms with Crippen molar-refractivity contribution in [1.82, 2.24) is 15.1 Å². The third-order valence-electron chi connectivity index (χ3n) is 5.42. The Labute approximate surface area is 184 Å². The number of alkyl halides is 2. The summed E-state index contributed by atoms with van der Waals surface area (Å²) in [6, 6.07) is 11.2. The van der Waals surface area contributed by atoms with Crippen molar-refractivity contribution < 1.29 is 27.9 Å². The van der Waals surface area contributed by atoms with Crippen LogP contribution < -0.4 is 10.1 Å². The van der Waals surface area contributed by atoms with Crippen LogP contribution in [-0.4, -0.2) is 66.9 Å². The Morgan fingerprint density at radius 3 is 2.28 bits per heavy atom. The molecule has 1 saturated heterocycles. The molecule has 170 valence electrons. The number of hydrogen-bond acceptors (Lipinski definition) is 4. The zero-order valence-corrected chi connectivity index (χ0v) is 17.9. The van der Waals surface area contributed by atoms with Crippen molar-refractivity contribution in [2.45, 2.75) is 20.5 Å². The summed E-state index contributed by atoms with van der Waals surface area (Å²) in [6.07, 6.45) is 0. The van der Waals surface area contributed by atoms with E-state index >= 15 is 0 Å². The fraction of sp³-hybridized carbons (Fsp3) is 0.348. The molecule has 9 heteroatoms. The lowest BCUT2D eigenvalue weighted by Crippen LogP contribution is -2.52. The van der Waals surface area contributed by atoms with Gasteiger partial charge < -0.3 is 19.9 Å². The molecule has 32 heavy (non-hydrogen) atoms. The molecule has 0 aromatic heterocycles. The number of carbonyl (C=O) groups excluding carboxylic acids is 3. The van der Waals surface area contributed by atoms with Crippen LogP contribution in [0.3, 0.4) is 0 Å². The van der Waals surface area contributed by atoms with E-state index in [1.165, 1.54) is 23.1 Å². The zero-order valence-electron chi connectivity index (χ0n) is 17.9. The third-order valence-corrected chi connectivity index (χ3v) is 5.42. The van der Waals surface area contributed by atoms with Crippen molar-refractivity contribution in [3.63, 3.8) is 0 Å². The first-order valence-corrected chi connectivity index (χ1v) is 10.2. The zero-order chi connectivity index (χ0) is 23.3. The number of aryl methyl sites for hydroxylation is 2. The van der Waals surface area contributed by atoms with E-state index in [-0.39, 0.29) is 55.9 Å². The number of nitrogens with zero attached hydrogens (tertiary/aromatic N) is 2. The van der Waals surface area contributed by atoms with Crippen molar-refractivity contribution in [2.24, 2.45) is 0 Å². The van der Waals surface area contributed by atoms with Gasteiger partial charge in [0, 0.05) is 31.7 Å². The summed E-state index contributed by atoms with van der Waals surface area (Å²) in [5.41, 5.74) is 2.60. The molecule has 2 aromatic carbocycles. The van der Waals surface area contributed by atoms with E-state index < -0.39 is 12.5 Å². The summed E-state index contributed by atoms with van der Waals surface area (Å²) in [5.74, 6) is -1.20. The number of carbonyl (C=O) groups is 3. The average molecular weight is 445 g/mol. The molecular formula is C23H25F2N3O4. The summed E-state index contributed by atoms with van der Waals surface area (Å²) < 4.78 is 29.6. The van der Waals surface area contributed by atoms with Crippen LogP contribution in [0.1, 0.15) is 31.8 Å². The molecule has 0 atom stereocenters. The maximum absolute atomic E-state index is 12.7. The number of halogens is 2. The fourth-order valence-electron chi connectivity index (χ4n) is 3.42. The van der Waals surface area contributed by atoms with E-state index in [9.17, 15) is 23.2 Å². The number of ether oxygens (including phenoxy) is 1. The van der Waals surface area contributed by atoms with Crippen LogP contribution in [0.2, 0.25) is 0 Å². The second-order valence-corrected chi connectivity index (χ2v) is 7.53. The Balaban J connectivity index is 1.52. The summed E-state index contributed by atoms with van der Waals surface area (Å²) in [7, 11) is 0. The second-order valence-electron chi connectivity index (χ2n) is 7.53.